The fraction of sp³-hybridized carbons (Fsp3) is 0.588. The van der Waals surface area contributed by atoms with Gasteiger partial charge in [0, 0.05) is 12.1 Å². The highest BCUT2D eigenvalue weighted by molar-refractivity contribution is 5.87. The molecular weight excluding hydrogens is 250 g/mol. The third-order valence-electron chi connectivity index (χ3n) is 4.30. The second kappa shape index (κ2) is 5.96. The third-order valence-corrected chi connectivity index (χ3v) is 4.30. The number of carboxylic acids is 1. The van der Waals surface area contributed by atoms with Gasteiger partial charge in [-0.2, -0.15) is 0 Å². The van der Waals surface area contributed by atoms with E-state index in [0.29, 0.717) is 11.5 Å². The van der Waals surface area contributed by atoms with Crippen molar-refractivity contribution in [1.82, 2.24) is 4.90 Å². The van der Waals surface area contributed by atoms with Gasteiger partial charge in [0.15, 0.2) is 0 Å². The summed E-state index contributed by atoms with van der Waals surface area (Å²) in [5, 5.41) is 9.08. The topological polar surface area (TPSA) is 40.5 Å². The highest BCUT2D eigenvalue weighted by atomic mass is 16.4. The van der Waals surface area contributed by atoms with E-state index in [2.05, 4.69) is 25.7 Å². The maximum absolute atomic E-state index is 11.0. The third kappa shape index (κ3) is 3.40. The second-order valence-corrected chi connectivity index (χ2v) is 6.63. The average molecular weight is 275 g/mol. The van der Waals surface area contributed by atoms with Crippen LogP contribution in [0.3, 0.4) is 0 Å². The molecule has 1 aromatic rings. The Balaban J connectivity index is 2.12. The van der Waals surface area contributed by atoms with E-state index in [-0.39, 0.29) is 5.54 Å². The predicted octanol–water partition coefficient (Wildman–Crippen LogP) is 3.79. The fourth-order valence-electron chi connectivity index (χ4n) is 3.48. The van der Waals surface area contributed by atoms with Gasteiger partial charge in [0.25, 0.3) is 0 Å². The van der Waals surface area contributed by atoms with Crippen molar-refractivity contribution >= 4 is 5.97 Å². The first-order valence-corrected chi connectivity index (χ1v) is 7.48. The molecule has 1 aliphatic rings. The van der Waals surface area contributed by atoms with Crippen molar-refractivity contribution in [2.24, 2.45) is 5.92 Å². The lowest BCUT2D eigenvalue weighted by Crippen LogP contribution is -2.41. The maximum Gasteiger partial charge on any atom is 0.335 e. The summed E-state index contributed by atoms with van der Waals surface area (Å²) in [6.45, 7) is 8.85. The van der Waals surface area contributed by atoms with Crippen LogP contribution in [0.15, 0.2) is 24.3 Å². The molecule has 1 fully saturated rings. The fourth-order valence-corrected chi connectivity index (χ4v) is 3.48. The highest BCUT2D eigenvalue weighted by Gasteiger charge is 2.36. The van der Waals surface area contributed by atoms with Crippen LogP contribution < -0.4 is 0 Å². The molecule has 0 aromatic heterocycles. The number of carbonyl (C=O) groups is 1. The molecule has 0 radical (unpaired) electrons. The van der Waals surface area contributed by atoms with Crippen molar-refractivity contribution in [3.05, 3.63) is 35.4 Å². The number of hydrogen-bond donors (Lipinski definition) is 1. The molecule has 0 spiro atoms. The molecule has 0 aliphatic carbocycles. The van der Waals surface area contributed by atoms with Crippen molar-refractivity contribution in [1.29, 1.82) is 0 Å². The molecule has 1 aromatic carbocycles. The Hall–Kier alpha value is -1.35. The molecule has 110 valence electrons. The molecule has 3 heteroatoms. The number of hydrogen-bond acceptors (Lipinski definition) is 2. The molecule has 2 rings (SSSR count). The lowest BCUT2D eigenvalue weighted by Gasteiger charge is -2.37. The number of likely N-dealkylation sites (tertiary alicyclic amines) is 1. The minimum atomic E-state index is -0.849. The molecule has 1 saturated heterocycles. The summed E-state index contributed by atoms with van der Waals surface area (Å²) >= 11 is 0. The molecule has 0 amide bonds. The van der Waals surface area contributed by atoms with E-state index >= 15 is 0 Å². The Bertz CT molecular complexity index is 484. The first-order valence-electron chi connectivity index (χ1n) is 7.48. The molecule has 1 atom stereocenters. The molecule has 1 N–H and O–H groups in total. The Kier molecular flexibility index (Phi) is 4.48. The Morgan fingerprint density at radius 2 is 2.20 bits per heavy atom. The van der Waals surface area contributed by atoms with Crippen molar-refractivity contribution in [3.63, 3.8) is 0 Å². The largest absolute Gasteiger partial charge is 0.478 e. The summed E-state index contributed by atoms with van der Waals surface area (Å²) in [5.41, 5.74) is 1.74. The lowest BCUT2D eigenvalue weighted by atomic mass is 9.88. The highest BCUT2D eigenvalue weighted by Crippen LogP contribution is 2.35. The summed E-state index contributed by atoms with van der Waals surface area (Å²) in [6.07, 6.45) is 3.68. The summed E-state index contributed by atoms with van der Waals surface area (Å²) in [4.78, 5) is 13.6. The zero-order chi connectivity index (χ0) is 14.8. The van der Waals surface area contributed by atoms with Crippen molar-refractivity contribution in [3.8, 4) is 0 Å². The lowest BCUT2D eigenvalue weighted by molar-refractivity contribution is 0.0696. The molecule has 0 bridgehead atoms. The van der Waals surface area contributed by atoms with Gasteiger partial charge in [-0.05, 0) is 56.3 Å². The number of nitrogens with zero attached hydrogens (tertiary/aromatic N) is 1. The van der Waals surface area contributed by atoms with E-state index in [1.165, 1.54) is 19.3 Å². The van der Waals surface area contributed by atoms with Gasteiger partial charge in [-0.25, -0.2) is 4.79 Å². The van der Waals surface area contributed by atoms with Crippen LogP contribution in [-0.2, 0) is 6.54 Å². The van der Waals surface area contributed by atoms with Gasteiger partial charge in [-0.1, -0.05) is 26.0 Å². The van der Waals surface area contributed by atoms with Gasteiger partial charge in [0.1, 0.15) is 0 Å². The Morgan fingerprint density at radius 3 is 2.85 bits per heavy atom. The van der Waals surface area contributed by atoms with Crippen LogP contribution in [0, 0.1) is 5.92 Å². The van der Waals surface area contributed by atoms with E-state index in [9.17, 15) is 4.79 Å². The van der Waals surface area contributed by atoms with E-state index in [1.54, 1.807) is 12.1 Å². The Labute approximate surface area is 121 Å². The SMILES string of the molecule is CC(C)CC1(C)CCCN1Cc1cccc(C(=O)O)c1. The van der Waals surface area contributed by atoms with Gasteiger partial charge in [0.05, 0.1) is 5.56 Å². The monoisotopic (exact) mass is 275 g/mol. The molecule has 20 heavy (non-hydrogen) atoms. The summed E-state index contributed by atoms with van der Waals surface area (Å²) < 4.78 is 0. The van der Waals surface area contributed by atoms with Gasteiger partial charge in [-0.15, -0.1) is 0 Å². The zero-order valence-corrected chi connectivity index (χ0v) is 12.7. The van der Waals surface area contributed by atoms with Crippen LogP contribution in [0.25, 0.3) is 0 Å². The summed E-state index contributed by atoms with van der Waals surface area (Å²) in [5.74, 6) is -0.163. The van der Waals surface area contributed by atoms with Gasteiger partial charge in [0.2, 0.25) is 0 Å². The molecule has 1 unspecified atom stereocenters. The normalized spacial score (nSPS) is 23.4. The maximum atomic E-state index is 11.0. The quantitative estimate of drug-likeness (QED) is 0.889. The van der Waals surface area contributed by atoms with E-state index in [0.717, 1.165) is 18.7 Å². The van der Waals surface area contributed by atoms with Crippen molar-refractivity contribution in [2.75, 3.05) is 6.54 Å². The molecule has 1 aliphatic heterocycles. The predicted molar refractivity (Wildman–Crippen MR) is 80.9 cm³/mol. The average Bonchev–Trinajstić information content (AvgIpc) is 2.70. The van der Waals surface area contributed by atoms with Gasteiger partial charge < -0.3 is 5.11 Å². The molecule has 0 saturated carbocycles. The standard InChI is InChI=1S/C17H25NO2/c1-13(2)11-17(3)8-5-9-18(17)12-14-6-4-7-15(10-14)16(19)20/h4,6-7,10,13H,5,8-9,11-12H2,1-3H3,(H,19,20). The van der Waals surface area contributed by atoms with Crippen LogP contribution in [0.2, 0.25) is 0 Å². The number of aromatic carboxylic acids is 1. The van der Waals surface area contributed by atoms with Crippen LogP contribution in [-0.4, -0.2) is 28.1 Å². The molecule has 3 nitrogen and oxygen atoms in total. The first-order chi connectivity index (χ1) is 9.40. The number of benzene rings is 1. The van der Waals surface area contributed by atoms with Crippen LogP contribution >= 0.6 is 0 Å². The second-order valence-electron chi connectivity index (χ2n) is 6.63. The van der Waals surface area contributed by atoms with Crippen molar-refractivity contribution in [2.45, 2.75) is 52.1 Å². The minimum Gasteiger partial charge on any atom is -0.478 e. The van der Waals surface area contributed by atoms with E-state index in [1.807, 2.05) is 12.1 Å². The smallest absolute Gasteiger partial charge is 0.335 e. The number of carboxylic acid groups (broad SMARTS) is 1. The van der Waals surface area contributed by atoms with E-state index < -0.39 is 5.97 Å². The van der Waals surface area contributed by atoms with E-state index in [4.69, 9.17) is 5.11 Å². The minimum absolute atomic E-state index is 0.257. The van der Waals surface area contributed by atoms with Crippen LogP contribution in [0.5, 0.6) is 0 Å². The van der Waals surface area contributed by atoms with Gasteiger partial charge >= 0.3 is 5.97 Å². The van der Waals surface area contributed by atoms with Crippen LogP contribution in [0.4, 0.5) is 0 Å². The van der Waals surface area contributed by atoms with Crippen LogP contribution in [0.1, 0.15) is 56.0 Å². The molecule has 1 heterocycles. The number of rotatable bonds is 5. The van der Waals surface area contributed by atoms with Gasteiger partial charge in [-0.3, -0.25) is 4.90 Å². The summed E-state index contributed by atoms with van der Waals surface area (Å²) in [7, 11) is 0. The Morgan fingerprint density at radius 1 is 1.45 bits per heavy atom. The van der Waals surface area contributed by atoms with Crippen molar-refractivity contribution < 1.29 is 9.90 Å². The zero-order valence-electron chi connectivity index (χ0n) is 12.7. The molecular formula is C17H25NO2. The first kappa shape index (κ1) is 15.0. The summed E-state index contributed by atoms with van der Waals surface area (Å²) in [6, 6.07) is 7.33.